The number of piperidine rings is 1. The minimum Gasteiger partial charge on any atom is -0.369 e. The summed E-state index contributed by atoms with van der Waals surface area (Å²) in [5.41, 5.74) is 5.49. The molecule has 0 radical (unpaired) electrons. The molecule has 5 nitrogen and oxygen atoms in total. The van der Waals surface area contributed by atoms with Gasteiger partial charge in [-0.2, -0.15) is 4.31 Å². The number of rotatable bonds is 4. The highest BCUT2D eigenvalue weighted by molar-refractivity contribution is 7.89. The average molecular weight is 460 g/mol. The predicted octanol–water partition coefficient (Wildman–Crippen LogP) is 3.71. The van der Waals surface area contributed by atoms with Crippen molar-refractivity contribution in [2.75, 3.05) is 49.9 Å². The number of halogens is 1. The van der Waals surface area contributed by atoms with Crippen LogP contribution in [-0.4, -0.2) is 62.6 Å². The van der Waals surface area contributed by atoms with E-state index in [-0.39, 0.29) is 11.2 Å². The van der Waals surface area contributed by atoms with Crippen LogP contribution in [0.15, 0.2) is 42.5 Å². The lowest BCUT2D eigenvalue weighted by molar-refractivity contribution is 0.190. The molecule has 4 aliphatic heterocycles. The Morgan fingerprint density at radius 3 is 2.26 bits per heavy atom. The summed E-state index contributed by atoms with van der Waals surface area (Å²) in [6.07, 6.45) is 2.27. The van der Waals surface area contributed by atoms with Gasteiger partial charge in [-0.3, -0.25) is 4.90 Å². The molecular weight excluding hydrogens is 430 g/mol. The first-order valence-electron chi connectivity index (χ1n) is 11.3. The van der Waals surface area contributed by atoms with Gasteiger partial charge >= 0.3 is 0 Å². The SMILES string of the molecule is CCS(=O)(=O)N1CCN(c2ccc3c(c2)CN2CCC3(c3ccc(Cl)cc3)CC2)CC1. The van der Waals surface area contributed by atoms with E-state index in [0.29, 0.717) is 13.1 Å². The summed E-state index contributed by atoms with van der Waals surface area (Å²) in [6, 6.07) is 15.4. The van der Waals surface area contributed by atoms with E-state index in [4.69, 9.17) is 11.6 Å². The summed E-state index contributed by atoms with van der Waals surface area (Å²) >= 11 is 6.18. The molecule has 0 amide bonds. The third-order valence-corrected chi connectivity index (χ3v) is 9.60. The lowest BCUT2D eigenvalue weighted by Crippen LogP contribution is -2.49. The van der Waals surface area contributed by atoms with Gasteiger partial charge < -0.3 is 4.90 Å². The van der Waals surface area contributed by atoms with Crippen LogP contribution in [0.5, 0.6) is 0 Å². The molecule has 2 bridgehead atoms. The monoisotopic (exact) mass is 459 g/mol. The van der Waals surface area contributed by atoms with Gasteiger partial charge in [0.25, 0.3) is 0 Å². The fourth-order valence-electron chi connectivity index (χ4n) is 5.60. The van der Waals surface area contributed by atoms with Crippen molar-refractivity contribution < 1.29 is 8.42 Å². The highest BCUT2D eigenvalue weighted by Gasteiger charge is 2.42. The smallest absolute Gasteiger partial charge is 0.213 e. The highest BCUT2D eigenvalue weighted by atomic mass is 35.5. The lowest BCUT2D eigenvalue weighted by Gasteiger charge is -2.40. The van der Waals surface area contributed by atoms with Crippen LogP contribution in [0.1, 0.15) is 36.5 Å². The molecule has 31 heavy (non-hydrogen) atoms. The summed E-state index contributed by atoms with van der Waals surface area (Å²) in [7, 11) is -3.10. The maximum Gasteiger partial charge on any atom is 0.213 e. The predicted molar refractivity (Wildman–Crippen MR) is 126 cm³/mol. The number of anilines is 1. The molecule has 0 saturated carbocycles. The van der Waals surface area contributed by atoms with E-state index in [2.05, 4.69) is 40.1 Å². The summed E-state index contributed by atoms with van der Waals surface area (Å²) < 4.78 is 26.0. The van der Waals surface area contributed by atoms with Gasteiger partial charge in [-0.15, -0.1) is 0 Å². The molecule has 0 spiro atoms. The number of nitrogens with zero attached hydrogens (tertiary/aromatic N) is 3. The third-order valence-electron chi connectivity index (χ3n) is 7.47. The number of hydrogen-bond acceptors (Lipinski definition) is 4. The Morgan fingerprint density at radius 2 is 1.61 bits per heavy atom. The minimum absolute atomic E-state index is 0.0549. The Kier molecular flexibility index (Phi) is 5.53. The van der Waals surface area contributed by atoms with Gasteiger partial charge in [0, 0.05) is 48.8 Å². The molecule has 0 aromatic heterocycles. The summed E-state index contributed by atoms with van der Waals surface area (Å²) in [5, 5.41) is 0.783. The molecule has 6 rings (SSSR count). The van der Waals surface area contributed by atoms with Crippen molar-refractivity contribution in [3.8, 4) is 0 Å². The number of sulfonamides is 1. The van der Waals surface area contributed by atoms with Gasteiger partial charge in [0.15, 0.2) is 0 Å². The molecule has 4 aliphatic rings. The van der Waals surface area contributed by atoms with Crippen molar-refractivity contribution in [3.05, 3.63) is 64.2 Å². The van der Waals surface area contributed by atoms with Crippen molar-refractivity contribution in [1.82, 2.24) is 9.21 Å². The number of piperazine rings is 1. The molecule has 0 unspecified atom stereocenters. The molecule has 4 heterocycles. The van der Waals surface area contributed by atoms with Crippen LogP contribution < -0.4 is 4.90 Å². The first-order chi connectivity index (χ1) is 14.9. The first kappa shape index (κ1) is 21.3. The Morgan fingerprint density at radius 1 is 0.935 bits per heavy atom. The maximum atomic E-state index is 12.2. The zero-order valence-electron chi connectivity index (χ0n) is 18.1. The van der Waals surface area contributed by atoms with Crippen LogP contribution in [0.4, 0.5) is 5.69 Å². The topological polar surface area (TPSA) is 43.9 Å². The Bertz CT molecular complexity index is 1050. The largest absolute Gasteiger partial charge is 0.369 e. The van der Waals surface area contributed by atoms with E-state index < -0.39 is 10.0 Å². The normalized spacial score (nSPS) is 26.5. The fraction of sp³-hybridized carbons (Fsp3) is 0.500. The molecule has 7 heteroatoms. The second kappa shape index (κ2) is 8.07. The van der Waals surface area contributed by atoms with E-state index in [1.54, 1.807) is 11.2 Å². The minimum atomic E-state index is -3.10. The van der Waals surface area contributed by atoms with Gasteiger partial charge in [-0.1, -0.05) is 29.8 Å². The average Bonchev–Trinajstić information content (AvgIpc) is 3.06. The van der Waals surface area contributed by atoms with Crippen molar-refractivity contribution in [2.45, 2.75) is 31.7 Å². The lowest BCUT2D eigenvalue weighted by atomic mass is 9.68. The van der Waals surface area contributed by atoms with Crippen LogP contribution in [0.3, 0.4) is 0 Å². The second-order valence-electron chi connectivity index (χ2n) is 8.99. The van der Waals surface area contributed by atoms with E-state index in [9.17, 15) is 8.42 Å². The second-order valence-corrected chi connectivity index (χ2v) is 11.7. The number of benzene rings is 2. The Hall–Kier alpha value is -1.60. The highest BCUT2D eigenvalue weighted by Crippen LogP contribution is 2.47. The zero-order valence-corrected chi connectivity index (χ0v) is 19.6. The summed E-state index contributed by atoms with van der Waals surface area (Å²) in [4.78, 5) is 4.90. The van der Waals surface area contributed by atoms with E-state index in [1.807, 2.05) is 12.1 Å². The molecule has 2 fully saturated rings. The van der Waals surface area contributed by atoms with Crippen molar-refractivity contribution in [2.24, 2.45) is 0 Å². The zero-order chi connectivity index (χ0) is 21.6. The number of fused-ring (bicyclic) bond motifs is 2. The van der Waals surface area contributed by atoms with E-state index >= 15 is 0 Å². The van der Waals surface area contributed by atoms with Crippen LogP contribution >= 0.6 is 11.6 Å². The quantitative estimate of drug-likeness (QED) is 0.699. The van der Waals surface area contributed by atoms with Crippen molar-refractivity contribution in [1.29, 1.82) is 0 Å². The molecule has 2 aromatic rings. The molecular formula is C24H30ClN3O2S. The first-order valence-corrected chi connectivity index (χ1v) is 13.2. The molecule has 0 N–H and O–H groups in total. The molecule has 166 valence electrons. The summed E-state index contributed by atoms with van der Waals surface area (Å²) in [6.45, 7) is 7.54. The molecule has 2 aromatic carbocycles. The van der Waals surface area contributed by atoms with Crippen LogP contribution in [0.2, 0.25) is 5.02 Å². The Labute approximate surface area is 190 Å². The molecule has 0 atom stereocenters. The molecule has 2 saturated heterocycles. The molecule has 0 aliphatic carbocycles. The fourth-order valence-corrected chi connectivity index (χ4v) is 6.81. The summed E-state index contributed by atoms with van der Waals surface area (Å²) in [5.74, 6) is 0.175. The van der Waals surface area contributed by atoms with E-state index in [0.717, 1.165) is 50.6 Å². The van der Waals surface area contributed by atoms with Gasteiger partial charge in [0.05, 0.1) is 5.75 Å². The van der Waals surface area contributed by atoms with Crippen molar-refractivity contribution in [3.63, 3.8) is 0 Å². The van der Waals surface area contributed by atoms with Gasteiger partial charge in [-0.05, 0) is 73.8 Å². The maximum absolute atomic E-state index is 12.2. The van der Waals surface area contributed by atoms with Gasteiger partial charge in [0.2, 0.25) is 10.0 Å². The number of hydrogen-bond donors (Lipinski definition) is 0. The van der Waals surface area contributed by atoms with Crippen LogP contribution in [0.25, 0.3) is 0 Å². The van der Waals surface area contributed by atoms with Crippen LogP contribution in [-0.2, 0) is 22.0 Å². The Balaban J connectivity index is 1.45. The standard InChI is InChI=1S/C24H30ClN3O2S/c1-2-31(29,30)28-15-13-27(14-16-28)22-7-8-23-19(17-22)18-26-11-9-24(23,10-12-26)20-3-5-21(25)6-4-20/h3-8,17H,2,9-16,18H2,1H3. The third kappa shape index (κ3) is 3.78. The van der Waals surface area contributed by atoms with Crippen molar-refractivity contribution >= 4 is 27.3 Å². The van der Waals surface area contributed by atoms with Gasteiger partial charge in [-0.25, -0.2) is 8.42 Å². The van der Waals surface area contributed by atoms with Gasteiger partial charge in [0.1, 0.15) is 0 Å². The van der Waals surface area contributed by atoms with Crippen LogP contribution in [0, 0.1) is 0 Å². The van der Waals surface area contributed by atoms with E-state index in [1.165, 1.54) is 22.4 Å².